The summed E-state index contributed by atoms with van der Waals surface area (Å²) in [5.74, 6) is -0.0602. The molecule has 1 aromatic heterocycles. The van der Waals surface area contributed by atoms with Crippen LogP contribution in [0, 0.1) is 19.3 Å². The molecule has 0 radical (unpaired) electrons. The Morgan fingerprint density at radius 2 is 2.11 bits per heavy atom. The minimum atomic E-state index is -0.827. The van der Waals surface area contributed by atoms with E-state index >= 15 is 0 Å². The van der Waals surface area contributed by atoms with Gasteiger partial charge in [0.05, 0.1) is 17.2 Å². The summed E-state index contributed by atoms with van der Waals surface area (Å²) in [6.45, 7) is 5.22. The summed E-state index contributed by atoms with van der Waals surface area (Å²) in [6, 6.07) is 0. The van der Waals surface area contributed by atoms with Crippen LogP contribution in [0.5, 0.6) is 0 Å². The number of amides is 2. The van der Waals surface area contributed by atoms with Gasteiger partial charge in [-0.1, -0.05) is 0 Å². The highest BCUT2D eigenvalue weighted by molar-refractivity contribution is 5.86. The molecule has 2 fully saturated rings. The number of aryl methyl sites for hydroxylation is 2. The fourth-order valence-corrected chi connectivity index (χ4v) is 4.23. The monoisotopic (exact) mass is 394 g/mol. The predicted octanol–water partition coefficient (Wildman–Crippen LogP) is 0.160. The zero-order chi connectivity index (χ0) is 20.9. The lowest BCUT2D eigenvalue weighted by atomic mass is 9.71. The van der Waals surface area contributed by atoms with Crippen molar-refractivity contribution in [3.05, 3.63) is 17.0 Å². The van der Waals surface area contributed by atoms with E-state index in [-0.39, 0.29) is 18.3 Å². The highest BCUT2D eigenvalue weighted by Crippen LogP contribution is 2.37. The molecule has 0 saturated carbocycles. The minimum Gasteiger partial charge on any atom is -0.483 e. The lowest BCUT2D eigenvalue weighted by Gasteiger charge is -2.46. The molecule has 9 heteroatoms. The number of piperidine rings is 2. The maximum absolute atomic E-state index is 12.7. The van der Waals surface area contributed by atoms with E-state index in [1.165, 1.54) is 0 Å². The summed E-state index contributed by atoms with van der Waals surface area (Å²) in [5.41, 5.74) is 2.34. The van der Waals surface area contributed by atoms with Gasteiger partial charge >= 0.3 is 0 Å². The number of nitrogens with one attached hydrogen (secondary N) is 1. The third-order valence-corrected chi connectivity index (χ3v) is 5.92. The average molecular weight is 394 g/mol. The van der Waals surface area contributed by atoms with Crippen molar-refractivity contribution in [2.24, 2.45) is 12.5 Å². The van der Waals surface area contributed by atoms with Gasteiger partial charge in [-0.15, -0.1) is 0 Å². The highest BCUT2D eigenvalue weighted by atomic mass is 16.3. The summed E-state index contributed by atoms with van der Waals surface area (Å²) >= 11 is 0. The number of nitrogens with zero attached hydrogens (tertiary/aromatic N) is 3. The van der Waals surface area contributed by atoms with Gasteiger partial charge in [0.2, 0.25) is 11.8 Å². The van der Waals surface area contributed by atoms with Crippen LogP contribution in [0.1, 0.15) is 42.6 Å². The molecule has 1 aromatic rings. The van der Waals surface area contributed by atoms with Crippen LogP contribution in [-0.2, 0) is 27.9 Å². The van der Waals surface area contributed by atoms with Crippen LogP contribution in [0.2, 0.25) is 0 Å². The second-order valence-corrected chi connectivity index (χ2v) is 7.51. The van der Waals surface area contributed by atoms with Gasteiger partial charge in [-0.3, -0.25) is 19.1 Å². The van der Waals surface area contributed by atoms with Crippen LogP contribution >= 0.6 is 0 Å². The molecule has 2 saturated heterocycles. The van der Waals surface area contributed by atoms with Gasteiger partial charge in [0, 0.05) is 38.8 Å². The van der Waals surface area contributed by atoms with Gasteiger partial charge in [-0.25, -0.2) is 0 Å². The van der Waals surface area contributed by atoms with Gasteiger partial charge in [0.15, 0.2) is 0 Å². The maximum Gasteiger partial charge on any atom is 0.290 e. The first-order chi connectivity index (χ1) is 13.3. The SMILES string of the molecule is Cc1nn(C)c(C)c1CCC(=O)N1CC[C@H](O)[C@@]2(CCCNC2=O)C1.O=CO. The van der Waals surface area contributed by atoms with Crippen molar-refractivity contribution in [1.82, 2.24) is 20.0 Å². The van der Waals surface area contributed by atoms with Gasteiger partial charge in [-0.05, 0) is 45.1 Å². The molecule has 3 heterocycles. The number of carboxylic acid groups (broad SMARTS) is 1. The topological polar surface area (TPSA) is 125 Å². The summed E-state index contributed by atoms with van der Waals surface area (Å²) in [6.07, 6.45) is 2.34. The average Bonchev–Trinajstić information content (AvgIpc) is 2.90. The van der Waals surface area contributed by atoms with Crippen molar-refractivity contribution >= 4 is 18.3 Å². The predicted molar refractivity (Wildman–Crippen MR) is 102 cm³/mol. The fourth-order valence-electron chi connectivity index (χ4n) is 4.23. The molecular formula is C19H30N4O5. The number of carbonyl (C=O) groups is 3. The van der Waals surface area contributed by atoms with Crippen LogP contribution in [0.4, 0.5) is 0 Å². The number of hydrogen-bond donors (Lipinski definition) is 3. The number of carbonyl (C=O) groups excluding carboxylic acids is 2. The molecule has 2 amide bonds. The Morgan fingerprint density at radius 3 is 2.68 bits per heavy atom. The van der Waals surface area contributed by atoms with E-state index < -0.39 is 11.5 Å². The molecule has 3 N–H and O–H groups in total. The summed E-state index contributed by atoms with van der Waals surface area (Å²) < 4.78 is 1.84. The van der Waals surface area contributed by atoms with Crippen molar-refractivity contribution in [1.29, 1.82) is 0 Å². The molecule has 2 aliphatic rings. The molecule has 156 valence electrons. The number of likely N-dealkylation sites (tertiary alicyclic amines) is 1. The molecule has 0 bridgehead atoms. The van der Waals surface area contributed by atoms with Crippen LogP contribution in [0.25, 0.3) is 0 Å². The van der Waals surface area contributed by atoms with Crippen LogP contribution in [0.15, 0.2) is 0 Å². The Hall–Kier alpha value is -2.42. The molecule has 9 nitrogen and oxygen atoms in total. The van der Waals surface area contributed by atoms with E-state index in [4.69, 9.17) is 9.90 Å². The van der Waals surface area contributed by atoms with Crippen LogP contribution in [0.3, 0.4) is 0 Å². The minimum absolute atomic E-state index is 0.0484. The molecule has 2 atom stereocenters. The van der Waals surface area contributed by atoms with E-state index in [1.54, 1.807) is 4.90 Å². The largest absolute Gasteiger partial charge is 0.483 e. The van der Waals surface area contributed by atoms with Crippen molar-refractivity contribution in [2.45, 2.75) is 52.1 Å². The summed E-state index contributed by atoms with van der Waals surface area (Å²) in [4.78, 5) is 35.3. The lowest BCUT2D eigenvalue weighted by Crippen LogP contribution is -2.62. The number of rotatable bonds is 3. The van der Waals surface area contributed by atoms with Crippen molar-refractivity contribution < 1.29 is 24.6 Å². The number of aliphatic hydroxyl groups is 1. The molecule has 1 spiro atoms. The molecule has 0 unspecified atom stereocenters. The molecule has 2 aliphatic heterocycles. The second kappa shape index (κ2) is 9.18. The molecular weight excluding hydrogens is 364 g/mol. The van der Waals surface area contributed by atoms with E-state index in [9.17, 15) is 14.7 Å². The summed E-state index contributed by atoms with van der Waals surface area (Å²) in [7, 11) is 1.91. The van der Waals surface area contributed by atoms with Gasteiger partial charge in [0.25, 0.3) is 6.47 Å². The Bertz CT molecular complexity index is 732. The van der Waals surface area contributed by atoms with Crippen molar-refractivity contribution in [2.75, 3.05) is 19.6 Å². The van der Waals surface area contributed by atoms with E-state index in [0.29, 0.717) is 45.3 Å². The Kier molecular flexibility index (Phi) is 7.17. The first-order valence-corrected chi connectivity index (χ1v) is 9.58. The smallest absolute Gasteiger partial charge is 0.290 e. The normalized spacial score (nSPS) is 24.4. The zero-order valence-corrected chi connectivity index (χ0v) is 16.8. The quantitative estimate of drug-likeness (QED) is 0.627. The van der Waals surface area contributed by atoms with E-state index in [2.05, 4.69) is 10.4 Å². The van der Waals surface area contributed by atoms with E-state index in [0.717, 1.165) is 23.4 Å². The highest BCUT2D eigenvalue weighted by Gasteiger charge is 2.50. The maximum atomic E-state index is 12.7. The standard InChI is InChI=1S/C18H28N4O3.CH2O2/c1-12-14(13(2)21(3)20-12)5-6-16(24)22-10-7-15(23)18(11-22)8-4-9-19-17(18)25;2-1-3/h15,23H,4-11H2,1-3H3,(H,19,25);1H,(H,2,3)/t15-,18+;/m0./s1. The first-order valence-electron chi connectivity index (χ1n) is 9.58. The number of aliphatic hydroxyl groups excluding tert-OH is 1. The zero-order valence-electron chi connectivity index (χ0n) is 16.8. The van der Waals surface area contributed by atoms with Crippen LogP contribution in [-0.4, -0.2) is 68.9 Å². The Balaban J connectivity index is 0.000000878. The van der Waals surface area contributed by atoms with Gasteiger partial charge in [-0.2, -0.15) is 5.10 Å². The Morgan fingerprint density at radius 1 is 1.43 bits per heavy atom. The molecule has 28 heavy (non-hydrogen) atoms. The number of aromatic nitrogens is 2. The second-order valence-electron chi connectivity index (χ2n) is 7.51. The van der Waals surface area contributed by atoms with Crippen LogP contribution < -0.4 is 5.32 Å². The molecule has 0 aromatic carbocycles. The van der Waals surface area contributed by atoms with E-state index in [1.807, 2.05) is 25.6 Å². The number of hydrogen-bond acceptors (Lipinski definition) is 5. The Labute approximate surface area is 164 Å². The fraction of sp³-hybridized carbons (Fsp3) is 0.684. The third-order valence-electron chi connectivity index (χ3n) is 5.92. The molecule has 0 aliphatic carbocycles. The molecule has 3 rings (SSSR count). The third kappa shape index (κ3) is 4.35. The van der Waals surface area contributed by atoms with Gasteiger partial charge in [0.1, 0.15) is 0 Å². The first kappa shape index (κ1) is 21.9. The van der Waals surface area contributed by atoms with Crippen molar-refractivity contribution in [3.8, 4) is 0 Å². The van der Waals surface area contributed by atoms with Gasteiger partial charge < -0.3 is 20.4 Å². The summed E-state index contributed by atoms with van der Waals surface area (Å²) in [5, 5.41) is 24.6. The lowest BCUT2D eigenvalue weighted by molar-refractivity contribution is -0.154. The van der Waals surface area contributed by atoms with Crippen molar-refractivity contribution in [3.63, 3.8) is 0 Å².